The highest BCUT2D eigenvalue weighted by Crippen LogP contribution is 2.06. The zero-order valence-electron chi connectivity index (χ0n) is 5.58. The molecule has 1 heterocycles. The topological polar surface area (TPSA) is 51.8 Å². The van der Waals surface area contributed by atoms with E-state index in [0.717, 1.165) is 5.69 Å². The summed E-state index contributed by atoms with van der Waals surface area (Å²) in [7, 11) is 0. The van der Waals surface area contributed by atoms with Gasteiger partial charge in [-0.25, -0.2) is 4.98 Å². The summed E-state index contributed by atoms with van der Waals surface area (Å²) in [5.41, 5.74) is 6.27. The number of halogens is 1. The number of aromatic nitrogens is 2. The fourth-order valence-electron chi connectivity index (χ4n) is 0.557. The molecular formula is C6H8ClN3. The fraction of sp³-hybridized carbons (Fsp3) is 0.333. The highest BCUT2D eigenvalue weighted by Gasteiger charge is 1.99. The van der Waals surface area contributed by atoms with E-state index in [-0.39, 0.29) is 6.04 Å². The van der Waals surface area contributed by atoms with Gasteiger partial charge in [0.2, 0.25) is 0 Å². The van der Waals surface area contributed by atoms with Crippen molar-refractivity contribution in [2.24, 2.45) is 5.73 Å². The summed E-state index contributed by atoms with van der Waals surface area (Å²) in [6, 6.07) is -0.0789. The zero-order chi connectivity index (χ0) is 7.56. The van der Waals surface area contributed by atoms with Crippen LogP contribution in [0, 0.1) is 0 Å². The number of hydrogen-bond donors (Lipinski definition) is 1. The first-order valence-electron chi connectivity index (χ1n) is 2.93. The molecule has 0 amide bonds. The van der Waals surface area contributed by atoms with E-state index in [9.17, 15) is 0 Å². The third kappa shape index (κ3) is 1.65. The molecule has 0 radical (unpaired) electrons. The summed E-state index contributed by atoms with van der Waals surface area (Å²) >= 11 is 5.50. The van der Waals surface area contributed by atoms with Crippen LogP contribution in [0.15, 0.2) is 12.4 Å². The molecule has 10 heavy (non-hydrogen) atoms. The second kappa shape index (κ2) is 2.94. The van der Waals surface area contributed by atoms with Crippen molar-refractivity contribution in [1.82, 2.24) is 9.97 Å². The van der Waals surface area contributed by atoms with E-state index in [0.29, 0.717) is 5.15 Å². The van der Waals surface area contributed by atoms with Gasteiger partial charge in [0, 0.05) is 6.04 Å². The molecule has 0 unspecified atom stereocenters. The van der Waals surface area contributed by atoms with E-state index in [1.54, 1.807) is 6.20 Å². The Kier molecular flexibility index (Phi) is 2.19. The van der Waals surface area contributed by atoms with Crippen molar-refractivity contribution in [2.45, 2.75) is 13.0 Å². The summed E-state index contributed by atoms with van der Waals surface area (Å²) in [6.45, 7) is 1.85. The van der Waals surface area contributed by atoms with Crippen LogP contribution in [-0.4, -0.2) is 9.97 Å². The van der Waals surface area contributed by atoms with Crippen LogP contribution in [0.25, 0.3) is 0 Å². The average Bonchev–Trinajstić information content (AvgIpc) is 1.88. The van der Waals surface area contributed by atoms with Crippen LogP contribution in [0.3, 0.4) is 0 Å². The Hall–Kier alpha value is -0.670. The van der Waals surface area contributed by atoms with E-state index in [2.05, 4.69) is 9.97 Å². The monoisotopic (exact) mass is 157 g/mol. The summed E-state index contributed by atoms with van der Waals surface area (Å²) in [6.07, 6.45) is 3.06. The zero-order valence-corrected chi connectivity index (χ0v) is 6.34. The quantitative estimate of drug-likeness (QED) is 0.666. The average molecular weight is 158 g/mol. The van der Waals surface area contributed by atoms with Gasteiger partial charge < -0.3 is 5.73 Å². The van der Waals surface area contributed by atoms with Crippen LogP contribution in [0.4, 0.5) is 0 Å². The first-order chi connectivity index (χ1) is 4.70. The highest BCUT2D eigenvalue weighted by molar-refractivity contribution is 6.29. The van der Waals surface area contributed by atoms with Crippen LogP contribution >= 0.6 is 11.6 Å². The molecule has 3 nitrogen and oxygen atoms in total. The number of rotatable bonds is 1. The van der Waals surface area contributed by atoms with Gasteiger partial charge in [0.1, 0.15) is 5.15 Å². The molecule has 0 aromatic carbocycles. The lowest BCUT2D eigenvalue weighted by molar-refractivity contribution is 0.772. The van der Waals surface area contributed by atoms with Gasteiger partial charge in [0.25, 0.3) is 0 Å². The smallest absolute Gasteiger partial charge is 0.147 e. The molecule has 1 atom stereocenters. The highest BCUT2D eigenvalue weighted by atomic mass is 35.5. The molecule has 0 aliphatic rings. The van der Waals surface area contributed by atoms with Gasteiger partial charge in [-0.05, 0) is 6.92 Å². The molecule has 0 aliphatic carbocycles. The molecule has 0 saturated carbocycles. The summed E-state index contributed by atoms with van der Waals surface area (Å²) in [4.78, 5) is 7.78. The maximum absolute atomic E-state index is 5.52. The first-order valence-corrected chi connectivity index (χ1v) is 3.31. The Bertz CT molecular complexity index is 207. The molecule has 1 aromatic heterocycles. The van der Waals surface area contributed by atoms with Crippen molar-refractivity contribution < 1.29 is 0 Å². The van der Waals surface area contributed by atoms with E-state index in [1.165, 1.54) is 6.20 Å². The van der Waals surface area contributed by atoms with Crippen molar-refractivity contribution in [3.8, 4) is 0 Å². The van der Waals surface area contributed by atoms with E-state index < -0.39 is 0 Å². The lowest BCUT2D eigenvalue weighted by Crippen LogP contribution is -2.07. The Morgan fingerprint density at radius 1 is 1.50 bits per heavy atom. The molecular weight excluding hydrogens is 150 g/mol. The van der Waals surface area contributed by atoms with Crippen LogP contribution in [0.5, 0.6) is 0 Å². The maximum atomic E-state index is 5.52. The normalized spacial score (nSPS) is 13.1. The molecule has 0 spiro atoms. The molecule has 0 aliphatic heterocycles. The van der Waals surface area contributed by atoms with Crippen molar-refractivity contribution in [1.29, 1.82) is 0 Å². The molecule has 0 fully saturated rings. The molecule has 4 heteroatoms. The standard InChI is InChI=1S/C6H8ClN3/c1-4(8)5-2-10-6(7)3-9-5/h2-4H,8H2,1H3/t4-/m0/s1. The molecule has 1 rings (SSSR count). The molecule has 0 saturated heterocycles. The molecule has 2 N–H and O–H groups in total. The number of nitrogens with zero attached hydrogens (tertiary/aromatic N) is 2. The summed E-state index contributed by atoms with van der Waals surface area (Å²) in [5.74, 6) is 0. The fourth-order valence-corrected chi connectivity index (χ4v) is 0.655. The molecule has 54 valence electrons. The minimum absolute atomic E-state index is 0.0789. The largest absolute Gasteiger partial charge is 0.323 e. The van der Waals surface area contributed by atoms with E-state index >= 15 is 0 Å². The van der Waals surface area contributed by atoms with E-state index in [1.807, 2.05) is 6.92 Å². The van der Waals surface area contributed by atoms with Gasteiger partial charge in [-0.3, -0.25) is 4.98 Å². The second-order valence-electron chi connectivity index (χ2n) is 2.05. The predicted octanol–water partition coefficient (Wildman–Crippen LogP) is 1.15. The lowest BCUT2D eigenvalue weighted by Gasteiger charge is -2.01. The van der Waals surface area contributed by atoms with Crippen molar-refractivity contribution in [3.63, 3.8) is 0 Å². The van der Waals surface area contributed by atoms with Gasteiger partial charge in [0.05, 0.1) is 18.1 Å². The van der Waals surface area contributed by atoms with Crippen molar-refractivity contribution in [3.05, 3.63) is 23.2 Å². The first kappa shape index (κ1) is 7.44. The van der Waals surface area contributed by atoms with E-state index in [4.69, 9.17) is 17.3 Å². The lowest BCUT2D eigenvalue weighted by atomic mass is 10.3. The van der Waals surface area contributed by atoms with Crippen molar-refractivity contribution in [2.75, 3.05) is 0 Å². The maximum Gasteiger partial charge on any atom is 0.147 e. The third-order valence-corrected chi connectivity index (χ3v) is 1.30. The van der Waals surface area contributed by atoms with Crippen LogP contribution < -0.4 is 5.73 Å². The van der Waals surface area contributed by atoms with Crippen LogP contribution in [0.1, 0.15) is 18.7 Å². The minimum Gasteiger partial charge on any atom is -0.323 e. The van der Waals surface area contributed by atoms with Crippen molar-refractivity contribution >= 4 is 11.6 Å². The Morgan fingerprint density at radius 2 is 2.20 bits per heavy atom. The summed E-state index contributed by atoms with van der Waals surface area (Å²) in [5, 5.41) is 0.393. The second-order valence-corrected chi connectivity index (χ2v) is 2.44. The Balaban J connectivity index is 2.89. The Morgan fingerprint density at radius 3 is 2.60 bits per heavy atom. The van der Waals surface area contributed by atoms with Gasteiger partial charge in [-0.15, -0.1) is 0 Å². The minimum atomic E-state index is -0.0789. The van der Waals surface area contributed by atoms with Gasteiger partial charge >= 0.3 is 0 Å². The van der Waals surface area contributed by atoms with Gasteiger partial charge in [-0.1, -0.05) is 11.6 Å². The molecule has 0 bridgehead atoms. The SMILES string of the molecule is C[C@H](N)c1cnc(Cl)cn1. The van der Waals surface area contributed by atoms with Crippen LogP contribution in [-0.2, 0) is 0 Å². The Labute approximate surface area is 64.2 Å². The number of hydrogen-bond acceptors (Lipinski definition) is 3. The predicted molar refractivity (Wildman–Crippen MR) is 39.6 cm³/mol. The third-order valence-electron chi connectivity index (χ3n) is 1.11. The van der Waals surface area contributed by atoms with Gasteiger partial charge in [0.15, 0.2) is 0 Å². The number of nitrogens with two attached hydrogens (primary N) is 1. The molecule has 1 aromatic rings. The van der Waals surface area contributed by atoms with Crippen LogP contribution in [0.2, 0.25) is 5.15 Å². The summed E-state index contributed by atoms with van der Waals surface area (Å²) < 4.78 is 0. The van der Waals surface area contributed by atoms with Gasteiger partial charge in [-0.2, -0.15) is 0 Å².